The molecule has 1 atom stereocenters. The molecule has 21 heavy (non-hydrogen) atoms. The third-order valence-corrected chi connectivity index (χ3v) is 2.69. The molecule has 118 valence electrons. The van der Waals surface area contributed by atoms with Gasteiger partial charge in [-0.3, -0.25) is 5.32 Å². The van der Waals surface area contributed by atoms with E-state index in [0.29, 0.717) is 30.0 Å². The Morgan fingerprint density at radius 3 is 2.62 bits per heavy atom. The molecule has 0 saturated heterocycles. The monoisotopic (exact) mass is 296 g/mol. The molecule has 1 amide bonds. The first kappa shape index (κ1) is 17.3. The van der Waals surface area contributed by atoms with Gasteiger partial charge in [-0.25, -0.2) is 4.79 Å². The highest BCUT2D eigenvalue weighted by Crippen LogP contribution is 2.29. The van der Waals surface area contributed by atoms with Crippen LogP contribution < -0.4 is 15.8 Å². The summed E-state index contributed by atoms with van der Waals surface area (Å²) in [7, 11) is 1.49. The van der Waals surface area contributed by atoms with E-state index in [0.717, 1.165) is 0 Å². The molecule has 0 saturated carbocycles. The molecule has 0 aliphatic carbocycles. The fourth-order valence-electron chi connectivity index (χ4n) is 1.76. The molecule has 0 aliphatic heterocycles. The molecule has 1 unspecified atom stereocenters. The largest absolute Gasteiger partial charge is 0.495 e. The van der Waals surface area contributed by atoms with Gasteiger partial charge in [0, 0.05) is 0 Å². The van der Waals surface area contributed by atoms with E-state index in [2.05, 4.69) is 5.32 Å². The Kier molecular flexibility index (Phi) is 5.99. The summed E-state index contributed by atoms with van der Waals surface area (Å²) in [6.45, 7) is 5.75. The lowest BCUT2D eigenvalue weighted by Gasteiger charge is -2.20. The lowest BCUT2D eigenvalue weighted by atomic mass is 10.1. The third-order valence-electron chi connectivity index (χ3n) is 2.69. The van der Waals surface area contributed by atoms with Crippen LogP contribution >= 0.6 is 0 Å². The maximum absolute atomic E-state index is 11.8. The van der Waals surface area contributed by atoms with Crippen LogP contribution in [-0.4, -0.2) is 30.5 Å². The third kappa shape index (κ3) is 5.61. The van der Waals surface area contributed by atoms with Gasteiger partial charge in [0.15, 0.2) is 0 Å². The van der Waals surface area contributed by atoms with Crippen molar-refractivity contribution >= 4 is 11.8 Å². The van der Waals surface area contributed by atoms with Gasteiger partial charge in [-0.2, -0.15) is 0 Å². The number of nitrogens with one attached hydrogen (secondary N) is 1. The summed E-state index contributed by atoms with van der Waals surface area (Å²) < 4.78 is 10.4. The Morgan fingerprint density at radius 1 is 1.43 bits per heavy atom. The lowest BCUT2D eigenvalue weighted by Crippen LogP contribution is -2.27. The minimum absolute atomic E-state index is 0.390. The average Bonchev–Trinajstić information content (AvgIpc) is 2.37. The number of carbonyl (C=O) groups is 1. The summed E-state index contributed by atoms with van der Waals surface area (Å²) >= 11 is 0. The van der Waals surface area contributed by atoms with Gasteiger partial charge in [0.05, 0.1) is 18.9 Å². The van der Waals surface area contributed by atoms with Crippen LogP contribution in [0, 0.1) is 0 Å². The number of nitrogens with two attached hydrogens (primary N) is 1. The number of aliphatic hydroxyl groups is 1. The molecule has 0 radical (unpaired) electrons. The van der Waals surface area contributed by atoms with Crippen LogP contribution in [0.15, 0.2) is 18.2 Å². The Morgan fingerprint density at radius 2 is 2.10 bits per heavy atom. The predicted octanol–water partition coefficient (Wildman–Crippen LogP) is 2.42. The highest BCUT2D eigenvalue weighted by Gasteiger charge is 2.18. The summed E-state index contributed by atoms with van der Waals surface area (Å²) in [6, 6.07) is 5.06. The van der Waals surface area contributed by atoms with E-state index < -0.39 is 17.8 Å². The summed E-state index contributed by atoms with van der Waals surface area (Å²) in [5.74, 6) is 0.453. The zero-order chi connectivity index (χ0) is 16.0. The van der Waals surface area contributed by atoms with Crippen molar-refractivity contribution < 1.29 is 19.4 Å². The number of benzene rings is 1. The molecule has 0 heterocycles. The predicted molar refractivity (Wildman–Crippen MR) is 81.5 cm³/mol. The molecular formula is C15H24N2O4. The van der Waals surface area contributed by atoms with Crippen LogP contribution in [0.25, 0.3) is 0 Å². The van der Waals surface area contributed by atoms with E-state index in [4.69, 9.17) is 15.2 Å². The van der Waals surface area contributed by atoms with Gasteiger partial charge in [-0.15, -0.1) is 0 Å². The highest BCUT2D eigenvalue weighted by atomic mass is 16.6. The molecule has 6 nitrogen and oxygen atoms in total. The van der Waals surface area contributed by atoms with Gasteiger partial charge in [0.25, 0.3) is 0 Å². The number of anilines is 1. The molecule has 0 fully saturated rings. The molecular weight excluding hydrogens is 272 g/mol. The summed E-state index contributed by atoms with van der Waals surface area (Å²) in [6.07, 6.45) is -0.752. The molecule has 1 aromatic carbocycles. The van der Waals surface area contributed by atoms with Crippen LogP contribution in [-0.2, 0) is 4.74 Å². The van der Waals surface area contributed by atoms with E-state index in [-0.39, 0.29) is 0 Å². The van der Waals surface area contributed by atoms with Crippen molar-refractivity contribution in [2.45, 2.75) is 38.9 Å². The van der Waals surface area contributed by atoms with E-state index in [1.807, 2.05) is 0 Å². The number of methoxy groups -OCH3 is 1. The Balaban J connectivity index is 2.86. The molecule has 1 aromatic rings. The fraction of sp³-hybridized carbons (Fsp3) is 0.533. The van der Waals surface area contributed by atoms with Crippen molar-refractivity contribution in [3.63, 3.8) is 0 Å². The fourth-order valence-corrected chi connectivity index (χ4v) is 1.76. The molecule has 0 aromatic heterocycles. The number of carbonyl (C=O) groups excluding carboxylic acids is 1. The first-order valence-electron chi connectivity index (χ1n) is 6.83. The highest BCUT2D eigenvalue weighted by molar-refractivity contribution is 5.87. The van der Waals surface area contributed by atoms with Gasteiger partial charge in [0.2, 0.25) is 0 Å². The van der Waals surface area contributed by atoms with E-state index in [1.54, 1.807) is 39.0 Å². The Bertz CT molecular complexity index is 483. The van der Waals surface area contributed by atoms with Gasteiger partial charge in [-0.1, -0.05) is 6.07 Å². The molecule has 0 bridgehead atoms. The van der Waals surface area contributed by atoms with Crippen molar-refractivity contribution in [1.82, 2.24) is 0 Å². The second-order valence-electron chi connectivity index (χ2n) is 5.68. The van der Waals surface area contributed by atoms with Crippen LogP contribution in [0.2, 0.25) is 0 Å². The quantitative estimate of drug-likeness (QED) is 0.776. The SMILES string of the molecule is COc1cc(C(O)CCN)ccc1NC(=O)OC(C)(C)C. The minimum Gasteiger partial charge on any atom is -0.495 e. The van der Waals surface area contributed by atoms with Crippen molar-refractivity contribution in [1.29, 1.82) is 0 Å². The van der Waals surface area contributed by atoms with Crippen molar-refractivity contribution in [2.75, 3.05) is 19.0 Å². The number of ether oxygens (including phenoxy) is 2. The topological polar surface area (TPSA) is 93.8 Å². The second-order valence-corrected chi connectivity index (χ2v) is 5.68. The molecule has 1 rings (SSSR count). The standard InChI is InChI=1S/C15H24N2O4/c1-15(2,3)21-14(19)17-11-6-5-10(9-13(11)20-4)12(18)7-8-16/h5-6,9,12,18H,7-8,16H2,1-4H3,(H,17,19). The first-order chi connectivity index (χ1) is 9.76. The average molecular weight is 296 g/mol. The van der Waals surface area contributed by atoms with Crippen LogP contribution in [0.5, 0.6) is 5.75 Å². The van der Waals surface area contributed by atoms with Crippen LogP contribution in [0.4, 0.5) is 10.5 Å². The van der Waals surface area contributed by atoms with Crippen molar-refractivity contribution in [3.05, 3.63) is 23.8 Å². The van der Waals surface area contributed by atoms with Crippen LogP contribution in [0.1, 0.15) is 38.9 Å². The van der Waals surface area contributed by atoms with Gasteiger partial charge in [0.1, 0.15) is 11.4 Å². The van der Waals surface area contributed by atoms with Crippen molar-refractivity contribution in [2.24, 2.45) is 5.73 Å². The normalized spacial score (nSPS) is 12.7. The number of amides is 1. The number of aliphatic hydroxyl groups excluding tert-OH is 1. The maximum atomic E-state index is 11.8. The smallest absolute Gasteiger partial charge is 0.412 e. The lowest BCUT2D eigenvalue weighted by molar-refractivity contribution is 0.0635. The van der Waals surface area contributed by atoms with Gasteiger partial charge in [-0.05, 0) is 51.4 Å². The second kappa shape index (κ2) is 7.28. The van der Waals surface area contributed by atoms with Crippen molar-refractivity contribution in [3.8, 4) is 5.75 Å². The van der Waals surface area contributed by atoms with E-state index in [9.17, 15) is 9.90 Å². The zero-order valence-corrected chi connectivity index (χ0v) is 13.0. The summed E-state index contributed by atoms with van der Waals surface area (Å²) in [5, 5.41) is 12.5. The first-order valence-corrected chi connectivity index (χ1v) is 6.83. The molecule has 6 heteroatoms. The van der Waals surface area contributed by atoms with Crippen LogP contribution in [0.3, 0.4) is 0 Å². The zero-order valence-electron chi connectivity index (χ0n) is 13.0. The maximum Gasteiger partial charge on any atom is 0.412 e. The van der Waals surface area contributed by atoms with Gasteiger partial charge >= 0.3 is 6.09 Å². The minimum atomic E-state index is -0.653. The molecule has 0 aliphatic rings. The Hall–Kier alpha value is -1.79. The molecule has 0 spiro atoms. The van der Waals surface area contributed by atoms with Gasteiger partial charge < -0.3 is 20.3 Å². The number of rotatable bonds is 5. The number of hydrogen-bond donors (Lipinski definition) is 3. The molecule has 4 N–H and O–H groups in total. The van der Waals surface area contributed by atoms with E-state index >= 15 is 0 Å². The summed E-state index contributed by atoms with van der Waals surface area (Å²) in [4.78, 5) is 11.8. The summed E-state index contributed by atoms with van der Waals surface area (Å²) in [5.41, 5.74) is 6.02. The number of hydrogen-bond acceptors (Lipinski definition) is 5. The van der Waals surface area contributed by atoms with E-state index in [1.165, 1.54) is 7.11 Å². The Labute approximate surface area is 125 Å².